The molecule has 1 saturated heterocycles. The van der Waals surface area contributed by atoms with E-state index in [9.17, 15) is 0 Å². The molecule has 3 nitrogen and oxygen atoms in total. The molecule has 0 amide bonds. The first-order valence-electron chi connectivity index (χ1n) is 10.2. The molecule has 0 N–H and O–H groups in total. The molecule has 0 aliphatic carbocycles. The highest BCUT2D eigenvalue weighted by Gasteiger charge is 2.51. The lowest BCUT2D eigenvalue weighted by molar-refractivity contribution is 0.00578. The van der Waals surface area contributed by atoms with E-state index in [1.807, 2.05) is 0 Å². The molecule has 0 atom stereocenters. The number of para-hydroxylation sites is 1. The standard InChI is InChI=1S/C25H26BNO2/c1-24(2)25(3,4)29-26(28-24)19-10-8-9-17(15-19)18-13-14-21-20-11-6-7-12-22(20)27(5)23(21)16-18/h6-16H,1-5H3. The summed E-state index contributed by atoms with van der Waals surface area (Å²) in [6.07, 6.45) is 0. The van der Waals surface area contributed by atoms with Crippen LogP contribution in [0.2, 0.25) is 0 Å². The summed E-state index contributed by atoms with van der Waals surface area (Å²) in [4.78, 5) is 0. The predicted octanol–water partition coefficient (Wildman–Crippen LogP) is 5.30. The fraction of sp³-hybridized carbons (Fsp3) is 0.280. The Morgan fingerprint density at radius 2 is 1.34 bits per heavy atom. The van der Waals surface area contributed by atoms with Crippen LogP contribution in [0.3, 0.4) is 0 Å². The van der Waals surface area contributed by atoms with Crippen LogP contribution in [0.5, 0.6) is 0 Å². The Hall–Kier alpha value is -2.56. The molecular formula is C25H26BNO2. The highest BCUT2D eigenvalue weighted by atomic mass is 16.7. The Labute approximate surface area is 172 Å². The van der Waals surface area contributed by atoms with Crippen molar-refractivity contribution in [2.75, 3.05) is 0 Å². The fourth-order valence-electron chi connectivity index (χ4n) is 4.18. The number of rotatable bonds is 2. The van der Waals surface area contributed by atoms with Crippen molar-refractivity contribution in [3.8, 4) is 11.1 Å². The summed E-state index contributed by atoms with van der Waals surface area (Å²) < 4.78 is 14.8. The number of aromatic nitrogens is 1. The first-order chi connectivity index (χ1) is 13.8. The van der Waals surface area contributed by atoms with E-state index in [1.54, 1.807) is 0 Å². The Morgan fingerprint density at radius 1 is 0.690 bits per heavy atom. The van der Waals surface area contributed by atoms with Gasteiger partial charge in [0.2, 0.25) is 0 Å². The van der Waals surface area contributed by atoms with Crippen LogP contribution in [0.15, 0.2) is 66.7 Å². The molecule has 0 saturated carbocycles. The highest BCUT2D eigenvalue weighted by molar-refractivity contribution is 6.62. The van der Waals surface area contributed by atoms with Crippen LogP contribution in [0.1, 0.15) is 27.7 Å². The monoisotopic (exact) mass is 383 g/mol. The van der Waals surface area contributed by atoms with Crippen molar-refractivity contribution < 1.29 is 9.31 Å². The molecule has 1 aliphatic heterocycles. The zero-order chi connectivity index (χ0) is 20.4. The Balaban J connectivity index is 1.57. The van der Waals surface area contributed by atoms with Crippen molar-refractivity contribution in [2.45, 2.75) is 38.9 Å². The van der Waals surface area contributed by atoms with Gasteiger partial charge < -0.3 is 13.9 Å². The first-order valence-corrected chi connectivity index (χ1v) is 10.2. The summed E-state index contributed by atoms with van der Waals surface area (Å²) in [7, 11) is 1.79. The van der Waals surface area contributed by atoms with E-state index in [0.29, 0.717) is 0 Å². The van der Waals surface area contributed by atoms with Gasteiger partial charge in [0.25, 0.3) is 0 Å². The molecule has 5 rings (SSSR count). The largest absolute Gasteiger partial charge is 0.494 e. The van der Waals surface area contributed by atoms with E-state index >= 15 is 0 Å². The van der Waals surface area contributed by atoms with Crippen molar-refractivity contribution in [1.29, 1.82) is 0 Å². The summed E-state index contributed by atoms with van der Waals surface area (Å²) >= 11 is 0. The minimum Gasteiger partial charge on any atom is -0.399 e. The normalized spacial score (nSPS) is 18.0. The van der Waals surface area contributed by atoms with E-state index in [1.165, 1.54) is 32.9 Å². The van der Waals surface area contributed by atoms with Crippen molar-refractivity contribution in [2.24, 2.45) is 7.05 Å². The van der Waals surface area contributed by atoms with Crippen LogP contribution in [0, 0.1) is 0 Å². The Morgan fingerprint density at radius 3 is 2.10 bits per heavy atom. The van der Waals surface area contributed by atoms with Crippen LogP contribution in [-0.2, 0) is 16.4 Å². The van der Waals surface area contributed by atoms with E-state index in [4.69, 9.17) is 9.31 Å². The number of hydrogen-bond donors (Lipinski definition) is 0. The van der Waals surface area contributed by atoms with Gasteiger partial charge in [-0.15, -0.1) is 0 Å². The second kappa shape index (κ2) is 6.22. The third kappa shape index (κ3) is 2.82. The second-order valence-corrected chi connectivity index (χ2v) is 9.02. The maximum absolute atomic E-state index is 6.24. The lowest BCUT2D eigenvalue weighted by Crippen LogP contribution is -2.41. The third-order valence-corrected chi connectivity index (χ3v) is 6.66. The Kier molecular flexibility index (Phi) is 3.96. The zero-order valence-electron chi connectivity index (χ0n) is 17.7. The summed E-state index contributed by atoms with van der Waals surface area (Å²) in [5.74, 6) is 0. The number of benzene rings is 3. The van der Waals surface area contributed by atoms with Gasteiger partial charge in [-0.1, -0.05) is 54.6 Å². The van der Waals surface area contributed by atoms with Crippen molar-refractivity contribution >= 4 is 34.4 Å². The molecule has 0 bridgehead atoms. The van der Waals surface area contributed by atoms with Gasteiger partial charge in [0.05, 0.1) is 11.2 Å². The second-order valence-electron chi connectivity index (χ2n) is 9.02. The molecule has 4 aromatic rings. The van der Waals surface area contributed by atoms with Gasteiger partial charge in [0, 0.05) is 28.9 Å². The predicted molar refractivity (Wildman–Crippen MR) is 122 cm³/mol. The minimum absolute atomic E-state index is 0.338. The fourth-order valence-corrected chi connectivity index (χ4v) is 4.18. The lowest BCUT2D eigenvalue weighted by atomic mass is 9.78. The zero-order valence-corrected chi connectivity index (χ0v) is 17.7. The summed E-state index contributed by atoms with van der Waals surface area (Å²) in [6.45, 7) is 8.35. The molecule has 1 fully saturated rings. The quantitative estimate of drug-likeness (QED) is 0.439. The molecule has 29 heavy (non-hydrogen) atoms. The molecule has 4 heteroatoms. The molecule has 1 aromatic heterocycles. The summed E-state index contributed by atoms with van der Waals surface area (Å²) in [5.41, 5.74) is 5.24. The molecule has 3 aromatic carbocycles. The lowest BCUT2D eigenvalue weighted by Gasteiger charge is -2.32. The van der Waals surface area contributed by atoms with Gasteiger partial charge in [-0.05, 0) is 56.4 Å². The molecule has 0 unspecified atom stereocenters. The molecule has 0 spiro atoms. The van der Waals surface area contributed by atoms with E-state index in [-0.39, 0.29) is 18.3 Å². The van der Waals surface area contributed by atoms with Gasteiger partial charge in [-0.2, -0.15) is 0 Å². The maximum atomic E-state index is 6.24. The minimum atomic E-state index is -0.346. The molecule has 2 heterocycles. The van der Waals surface area contributed by atoms with Gasteiger partial charge in [0.15, 0.2) is 0 Å². The van der Waals surface area contributed by atoms with E-state index in [0.717, 1.165) is 5.46 Å². The van der Waals surface area contributed by atoms with E-state index < -0.39 is 0 Å². The van der Waals surface area contributed by atoms with Gasteiger partial charge in [-0.25, -0.2) is 0 Å². The van der Waals surface area contributed by atoms with Crippen LogP contribution >= 0.6 is 0 Å². The van der Waals surface area contributed by atoms with Crippen LogP contribution in [0.4, 0.5) is 0 Å². The topological polar surface area (TPSA) is 23.4 Å². The number of hydrogen-bond acceptors (Lipinski definition) is 2. The van der Waals surface area contributed by atoms with Crippen molar-refractivity contribution in [1.82, 2.24) is 4.57 Å². The average molecular weight is 383 g/mol. The number of fused-ring (bicyclic) bond motifs is 3. The smallest absolute Gasteiger partial charge is 0.399 e. The first kappa shape index (κ1) is 18.5. The molecule has 146 valence electrons. The van der Waals surface area contributed by atoms with Crippen molar-refractivity contribution in [3.05, 3.63) is 66.7 Å². The van der Waals surface area contributed by atoms with Crippen LogP contribution < -0.4 is 5.46 Å². The average Bonchev–Trinajstić information content (AvgIpc) is 3.11. The SMILES string of the molecule is Cn1c2ccccc2c2ccc(-c3cccc(B4OC(C)(C)C(C)(C)O4)c3)cc21. The van der Waals surface area contributed by atoms with Gasteiger partial charge in [0.1, 0.15) is 0 Å². The summed E-state index contributed by atoms with van der Waals surface area (Å²) in [5, 5.41) is 2.58. The highest BCUT2D eigenvalue weighted by Crippen LogP contribution is 2.37. The van der Waals surface area contributed by atoms with Gasteiger partial charge >= 0.3 is 7.12 Å². The Bertz CT molecular complexity index is 1220. The van der Waals surface area contributed by atoms with Crippen LogP contribution in [0.25, 0.3) is 32.9 Å². The number of nitrogens with zero attached hydrogens (tertiary/aromatic N) is 1. The molecular weight excluding hydrogens is 357 g/mol. The maximum Gasteiger partial charge on any atom is 0.494 e. The van der Waals surface area contributed by atoms with Crippen molar-refractivity contribution in [3.63, 3.8) is 0 Å². The molecule has 1 aliphatic rings. The van der Waals surface area contributed by atoms with E-state index in [2.05, 4.69) is 106 Å². The summed E-state index contributed by atoms with van der Waals surface area (Å²) in [6, 6.07) is 23.8. The third-order valence-electron chi connectivity index (χ3n) is 6.66. The molecule has 0 radical (unpaired) electrons. The van der Waals surface area contributed by atoms with Gasteiger partial charge in [-0.3, -0.25) is 0 Å². The number of aryl methyl sites for hydroxylation is 1. The van der Waals surface area contributed by atoms with Crippen LogP contribution in [-0.4, -0.2) is 22.9 Å².